The number of carbonyl (C=O) groups excluding carboxylic acids is 2. The SMILES string of the molecule is Cc1csc(N2CCN(C(=O)c3cc(C(N)=O)cs3)CC2)n1. The Morgan fingerprint density at radius 1 is 1.18 bits per heavy atom. The van der Waals surface area contributed by atoms with E-state index in [1.807, 2.05) is 17.2 Å². The molecule has 2 aromatic rings. The molecule has 8 heteroatoms. The molecule has 1 fully saturated rings. The van der Waals surface area contributed by atoms with Gasteiger partial charge in [0.15, 0.2) is 5.13 Å². The van der Waals surface area contributed by atoms with Gasteiger partial charge in [0, 0.05) is 36.9 Å². The second kappa shape index (κ2) is 6.05. The Morgan fingerprint density at radius 2 is 1.91 bits per heavy atom. The maximum Gasteiger partial charge on any atom is 0.264 e. The molecule has 3 heterocycles. The van der Waals surface area contributed by atoms with Crippen LogP contribution in [-0.4, -0.2) is 47.9 Å². The number of nitrogens with zero attached hydrogens (tertiary/aromatic N) is 3. The number of primary amides is 1. The molecule has 0 spiro atoms. The third kappa shape index (κ3) is 2.97. The molecule has 2 aromatic heterocycles. The highest BCUT2D eigenvalue weighted by Gasteiger charge is 2.24. The number of thiophene rings is 1. The number of anilines is 1. The van der Waals surface area contributed by atoms with Crippen molar-refractivity contribution in [1.82, 2.24) is 9.88 Å². The van der Waals surface area contributed by atoms with Crippen LogP contribution in [0.5, 0.6) is 0 Å². The molecule has 0 unspecified atom stereocenters. The molecule has 0 aliphatic carbocycles. The van der Waals surface area contributed by atoms with Crippen molar-refractivity contribution < 1.29 is 9.59 Å². The summed E-state index contributed by atoms with van der Waals surface area (Å²) in [5.41, 5.74) is 6.64. The molecular weight excluding hydrogens is 320 g/mol. The lowest BCUT2D eigenvalue weighted by Gasteiger charge is -2.34. The van der Waals surface area contributed by atoms with Crippen LogP contribution < -0.4 is 10.6 Å². The monoisotopic (exact) mass is 336 g/mol. The number of thiazole rings is 1. The normalized spacial score (nSPS) is 15.1. The van der Waals surface area contributed by atoms with Gasteiger partial charge in [-0.2, -0.15) is 0 Å². The van der Waals surface area contributed by atoms with Crippen LogP contribution in [0.3, 0.4) is 0 Å². The van der Waals surface area contributed by atoms with Crippen molar-refractivity contribution in [2.45, 2.75) is 6.92 Å². The Kier molecular flexibility index (Phi) is 4.12. The lowest BCUT2D eigenvalue weighted by Crippen LogP contribution is -2.48. The van der Waals surface area contributed by atoms with Gasteiger partial charge in [-0.3, -0.25) is 9.59 Å². The maximum absolute atomic E-state index is 12.4. The molecule has 0 atom stereocenters. The predicted octanol–water partition coefficient (Wildman–Crippen LogP) is 1.57. The number of aryl methyl sites for hydroxylation is 1. The van der Waals surface area contributed by atoms with Crippen molar-refractivity contribution >= 4 is 39.6 Å². The van der Waals surface area contributed by atoms with Crippen LogP contribution in [0.4, 0.5) is 5.13 Å². The minimum Gasteiger partial charge on any atom is -0.366 e. The van der Waals surface area contributed by atoms with Gasteiger partial charge < -0.3 is 15.5 Å². The van der Waals surface area contributed by atoms with Crippen LogP contribution in [0.15, 0.2) is 16.8 Å². The third-order valence-electron chi connectivity index (χ3n) is 3.54. The maximum atomic E-state index is 12.4. The number of hydrogen-bond acceptors (Lipinski definition) is 6. The Hall–Kier alpha value is -1.93. The summed E-state index contributed by atoms with van der Waals surface area (Å²) >= 11 is 2.89. The van der Waals surface area contributed by atoms with E-state index in [0.29, 0.717) is 23.5 Å². The number of piperazine rings is 1. The molecule has 3 rings (SSSR count). The molecule has 0 saturated carbocycles. The second-order valence-electron chi connectivity index (χ2n) is 5.11. The van der Waals surface area contributed by atoms with Crippen molar-refractivity contribution in [3.8, 4) is 0 Å². The van der Waals surface area contributed by atoms with E-state index in [-0.39, 0.29) is 5.91 Å². The summed E-state index contributed by atoms with van der Waals surface area (Å²) in [6.07, 6.45) is 0. The topological polar surface area (TPSA) is 79.5 Å². The molecule has 22 heavy (non-hydrogen) atoms. The Balaban J connectivity index is 1.63. The zero-order valence-corrected chi connectivity index (χ0v) is 13.7. The fourth-order valence-corrected chi connectivity index (χ4v) is 4.04. The first kappa shape index (κ1) is 15.0. The minimum absolute atomic E-state index is 0.0348. The summed E-state index contributed by atoms with van der Waals surface area (Å²) < 4.78 is 0. The van der Waals surface area contributed by atoms with E-state index in [1.54, 1.807) is 22.8 Å². The van der Waals surface area contributed by atoms with E-state index in [9.17, 15) is 9.59 Å². The molecule has 1 aliphatic heterocycles. The molecule has 2 N–H and O–H groups in total. The summed E-state index contributed by atoms with van der Waals surface area (Å²) in [4.78, 5) is 32.6. The number of rotatable bonds is 3. The van der Waals surface area contributed by atoms with Gasteiger partial charge in [0.05, 0.1) is 16.1 Å². The molecule has 2 amide bonds. The van der Waals surface area contributed by atoms with Gasteiger partial charge in [0.25, 0.3) is 5.91 Å². The van der Waals surface area contributed by atoms with Gasteiger partial charge >= 0.3 is 0 Å². The fourth-order valence-electron chi connectivity index (χ4n) is 2.32. The Bertz CT molecular complexity index is 701. The lowest BCUT2D eigenvalue weighted by molar-refractivity contribution is 0.0751. The van der Waals surface area contributed by atoms with Gasteiger partial charge in [0.1, 0.15) is 0 Å². The molecule has 6 nitrogen and oxygen atoms in total. The standard InChI is InChI=1S/C14H16N4O2S2/c1-9-7-22-14(16-9)18-4-2-17(3-5-18)13(20)11-6-10(8-21-11)12(15)19/h6-8H,2-5H2,1H3,(H2,15,19). The number of nitrogens with two attached hydrogens (primary N) is 1. The van der Waals surface area contributed by atoms with Crippen molar-refractivity contribution in [1.29, 1.82) is 0 Å². The summed E-state index contributed by atoms with van der Waals surface area (Å²) in [7, 11) is 0. The van der Waals surface area contributed by atoms with Crippen molar-refractivity contribution in [3.63, 3.8) is 0 Å². The predicted molar refractivity (Wildman–Crippen MR) is 87.8 cm³/mol. The van der Waals surface area contributed by atoms with E-state index in [1.165, 1.54) is 11.3 Å². The Morgan fingerprint density at radius 3 is 2.45 bits per heavy atom. The fraction of sp³-hybridized carbons (Fsp3) is 0.357. The third-order valence-corrected chi connectivity index (χ3v) is 5.48. The zero-order chi connectivity index (χ0) is 15.7. The van der Waals surface area contributed by atoms with E-state index in [4.69, 9.17) is 5.73 Å². The minimum atomic E-state index is -0.501. The first-order chi connectivity index (χ1) is 10.5. The van der Waals surface area contributed by atoms with Crippen molar-refractivity contribution in [2.24, 2.45) is 5.73 Å². The summed E-state index contributed by atoms with van der Waals surface area (Å²) in [6, 6.07) is 1.58. The highest BCUT2D eigenvalue weighted by Crippen LogP contribution is 2.23. The van der Waals surface area contributed by atoms with Crippen LogP contribution in [0, 0.1) is 6.92 Å². The second-order valence-corrected chi connectivity index (χ2v) is 6.86. The van der Waals surface area contributed by atoms with Crippen LogP contribution >= 0.6 is 22.7 Å². The quantitative estimate of drug-likeness (QED) is 0.923. The number of hydrogen-bond donors (Lipinski definition) is 1. The highest BCUT2D eigenvalue weighted by molar-refractivity contribution is 7.13. The molecule has 0 radical (unpaired) electrons. The number of amides is 2. The van der Waals surface area contributed by atoms with Crippen LogP contribution in [0.25, 0.3) is 0 Å². The van der Waals surface area contributed by atoms with Gasteiger partial charge in [-0.05, 0) is 13.0 Å². The molecule has 0 aromatic carbocycles. The Labute approximate surface area is 136 Å². The van der Waals surface area contributed by atoms with E-state index in [2.05, 4.69) is 9.88 Å². The average Bonchev–Trinajstić information content (AvgIpc) is 3.16. The first-order valence-corrected chi connectivity index (χ1v) is 8.65. The van der Waals surface area contributed by atoms with Gasteiger partial charge in [-0.15, -0.1) is 22.7 Å². The largest absolute Gasteiger partial charge is 0.366 e. The van der Waals surface area contributed by atoms with Gasteiger partial charge in [-0.25, -0.2) is 4.98 Å². The number of carbonyl (C=O) groups is 2. The smallest absolute Gasteiger partial charge is 0.264 e. The van der Waals surface area contributed by atoms with E-state index in [0.717, 1.165) is 23.9 Å². The average molecular weight is 336 g/mol. The first-order valence-electron chi connectivity index (χ1n) is 6.89. The molecule has 1 aliphatic rings. The lowest BCUT2D eigenvalue weighted by atomic mass is 10.2. The molecule has 0 bridgehead atoms. The van der Waals surface area contributed by atoms with Crippen molar-refractivity contribution in [3.05, 3.63) is 33.0 Å². The summed E-state index contributed by atoms with van der Waals surface area (Å²) in [6.45, 7) is 4.83. The molecular formula is C14H16N4O2S2. The highest BCUT2D eigenvalue weighted by atomic mass is 32.1. The van der Waals surface area contributed by atoms with Crippen LogP contribution in [0.2, 0.25) is 0 Å². The van der Waals surface area contributed by atoms with E-state index >= 15 is 0 Å². The number of aromatic nitrogens is 1. The van der Waals surface area contributed by atoms with Gasteiger partial charge in [0.2, 0.25) is 5.91 Å². The van der Waals surface area contributed by atoms with Crippen molar-refractivity contribution in [2.75, 3.05) is 31.1 Å². The zero-order valence-electron chi connectivity index (χ0n) is 12.1. The van der Waals surface area contributed by atoms with Gasteiger partial charge in [-0.1, -0.05) is 0 Å². The van der Waals surface area contributed by atoms with Crippen LogP contribution in [0.1, 0.15) is 25.7 Å². The van der Waals surface area contributed by atoms with Crippen LogP contribution in [-0.2, 0) is 0 Å². The molecule has 116 valence electrons. The molecule has 1 saturated heterocycles. The summed E-state index contributed by atoms with van der Waals surface area (Å²) in [5.74, 6) is -0.535. The summed E-state index contributed by atoms with van der Waals surface area (Å²) in [5, 5.41) is 4.67. The van der Waals surface area contributed by atoms with E-state index < -0.39 is 5.91 Å².